The second kappa shape index (κ2) is 3.77. The molecule has 0 radical (unpaired) electrons. The molecule has 1 aromatic heterocycles. The molecule has 0 bridgehead atoms. The van der Waals surface area contributed by atoms with Gasteiger partial charge >= 0.3 is 0 Å². The number of aliphatic hydroxyl groups is 1. The lowest BCUT2D eigenvalue weighted by molar-refractivity contribution is 0.282. The summed E-state index contributed by atoms with van der Waals surface area (Å²) in [6, 6.07) is 5.30. The highest BCUT2D eigenvalue weighted by molar-refractivity contribution is 6.32. The Morgan fingerprint density at radius 3 is 2.86 bits per heavy atom. The van der Waals surface area contributed by atoms with Crippen LogP contribution in [0.5, 0.6) is 0 Å². The molecule has 1 heterocycles. The van der Waals surface area contributed by atoms with Gasteiger partial charge in [-0.3, -0.25) is 0 Å². The van der Waals surface area contributed by atoms with Crippen LogP contribution in [0.4, 0.5) is 0 Å². The summed E-state index contributed by atoms with van der Waals surface area (Å²) in [5, 5.41) is 13.4. The van der Waals surface area contributed by atoms with Gasteiger partial charge in [-0.15, -0.1) is 0 Å². The molecule has 2 rings (SSSR count). The molecular formula is C9H8ClN3O. The molecule has 1 aromatic carbocycles. The molecule has 1 N–H and O–H groups in total. The van der Waals surface area contributed by atoms with Gasteiger partial charge in [0.15, 0.2) is 0 Å². The standard InChI is InChI=1S/C9H8ClN3O/c10-8-3-7(4-14)1-2-9(8)13-6-11-5-12-13/h1-3,5-6,14H,4H2. The first-order valence-electron chi connectivity index (χ1n) is 4.05. The summed E-state index contributed by atoms with van der Waals surface area (Å²) < 4.78 is 1.57. The van der Waals surface area contributed by atoms with Crippen LogP contribution < -0.4 is 0 Å². The van der Waals surface area contributed by atoms with E-state index in [0.717, 1.165) is 11.3 Å². The zero-order valence-electron chi connectivity index (χ0n) is 7.26. The van der Waals surface area contributed by atoms with Gasteiger partial charge in [0.25, 0.3) is 0 Å². The van der Waals surface area contributed by atoms with Crippen LogP contribution in [-0.2, 0) is 6.61 Å². The third-order valence-corrected chi connectivity index (χ3v) is 2.16. The molecule has 0 amide bonds. The van der Waals surface area contributed by atoms with E-state index in [1.165, 1.54) is 6.33 Å². The molecule has 0 aliphatic heterocycles. The van der Waals surface area contributed by atoms with Crippen molar-refractivity contribution in [2.24, 2.45) is 0 Å². The first-order valence-corrected chi connectivity index (χ1v) is 4.43. The monoisotopic (exact) mass is 209 g/mol. The van der Waals surface area contributed by atoms with Crippen LogP contribution in [0.2, 0.25) is 5.02 Å². The molecule has 0 aliphatic rings. The van der Waals surface area contributed by atoms with Crippen molar-refractivity contribution < 1.29 is 5.11 Å². The zero-order valence-corrected chi connectivity index (χ0v) is 8.02. The first-order chi connectivity index (χ1) is 6.81. The van der Waals surface area contributed by atoms with Crippen molar-refractivity contribution in [2.75, 3.05) is 0 Å². The van der Waals surface area contributed by atoms with Gasteiger partial charge in [-0.05, 0) is 17.7 Å². The molecule has 0 aliphatic carbocycles. The molecule has 0 saturated carbocycles. The number of hydrogen-bond acceptors (Lipinski definition) is 3. The first kappa shape index (κ1) is 9.18. The number of aliphatic hydroxyl groups excluding tert-OH is 1. The Hall–Kier alpha value is -1.39. The Bertz CT molecular complexity index is 428. The van der Waals surface area contributed by atoms with Gasteiger partial charge < -0.3 is 5.11 Å². The summed E-state index contributed by atoms with van der Waals surface area (Å²) in [5.74, 6) is 0. The van der Waals surface area contributed by atoms with Crippen LogP contribution in [0, 0.1) is 0 Å². The SMILES string of the molecule is OCc1ccc(-n2cncn2)c(Cl)c1. The highest BCUT2D eigenvalue weighted by atomic mass is 35.5. The number of aromatic nitrogens is 3. The Morgan fingerprint density at radius 1 is 1.43 bits per heavy atom. The minimum atomic E-state index is -0.0165. The second-order valence-corrected chi connectivity index (χ2v) is 3.19. The third kappa shape index (κ3) is 1.62. The molecule has 2 aromatic rings. The number of hydrogen-bond donors (Lipinski definition) is 1. The van der Waals surface area contributed by atoms with E-state index in [0.29, 0.717) is 5.02 Å². The molecule has 0 fully saturated rings. The minimum absolute atomic E-state index is 0.0165. The van der Waals surface area contributed by atoms with Crippen molar-refractivity contribution in [2.45, 2.75) is 6.61 Å². The van der Waals surface area contributed by atoms with E-state index in [2.05, 4.69) is 10.1 Å². The maximum absolute atomic E-state index is 8.89. The van der Waals surface area contributed by atoms with Crippen molar-refractivity contribution in [3.8, 4) is 5.69 Å². The highest BCUT2D eigenvalue weighted by Crippen LogP contribution is 2.20. The van der Waals surface area contributed by atoms with Gasteiger partial charge in [-0.25, -0.2) is 9.67 Å². The van der Waals surface area contributed by atoms with E-state index in [4.69, 9.17) is 16.7 Å². The minimum Gasteiger partial charge on any atom is -0.392 e. The Kier molecular flexibility index (Phi) is 2.47. The molecule has 4 nitrogen and oxygen atoms in total. The normalized spacial score (nSPS) is 10.4. The van der Waals surface area contributed by atoms with Crippen LogP contribution >= 0.6 is 11.6 Å². The lowest BCUT2D eigenvalue weighted by atomic mass is 10.2. The van der Waals surface area contributed by atoms with Crippen molar-refractivity contribution in [1.82, 2.24) is 14.8 Å². The number of rotatable bonds is 2. The second-order valence-electron chi connectivity index (χ2n) is 2.78. The van der Waals surface area contributed by atoms with Crippen molar-refractivity contribution in [3.05, 3.63) is 41.4 Å². The zero-order chi connectivity index (χ0) is 9.97. The number of nitrogens with zero attached hydrogens (tertiary/aromatic N) is 3. The van der Waals surface area contributed by atoms with E-state index < -0.39 is 0 Å². The smallest absolute Gasteiger partial charge is 0.138 e. The summed E-state index contributed by atoms with van der Waals surface area (Å²) in [5.41, 5.74) is 1.53. The largest absolute Gasteiger partial charge is 0.392 e. The molecule has 0 atom stereocenters. The summed E-state index contributed by atoms with van der Waals surface area (Å²) >= 11 is 6.00. The fourth-order valence-corrected chi connectivity index (χ4v) is 1.46. The van der Waals surface area contributed by atoms with Gasteiger partial charge in [-0.1, -0.05) is 17.7 Å². The third-order valence-electron chi connectivity index (χ3n) is 1.86. The summed E-state index contributed by atoms with van der Waals surface area (Å²) in [7, 11) is 0. The Balaban J connectivity index is 2.46. The summed E-state index contributed by atoms with van der Waals surface area (Å²) in [6.07, 6.45) is 3.01. The van der Waals surface area contributed by atoms with Crippen LogP contribution in [0.25, 0.3) is 5.69 Å². The Labute approximate surface area is 85.8 Å². The van der Waals surface area contributed by atoms with Crippen molar-refractivity contribution in [1.29, 1.82) is 0 Å². The molecule has 5 heteroatoms. The maximum atomic E-state index is 8.89. The average Bonchev–Trinajstić information content (AvgIpc) is 2.70. The lowest BCUT2D eigenvalue weighted by Crippen LogP contribution is -1.96. The molecule has 0 unspecified atom stereocenters. The van der Waals surface area contributed by atoms with E-state index >= 15 is 0 Å². The number of benzene rings is 1. The molecular weight excluding hydrogens is 202 g/mol. The maximum Gasteiger partial charge on any atom is 0.138 e. The fourth-order valence-electron chi connectivity index (χ4n) is 1.17. The topological polar surface area (TPSA) is 50.9 Å². The van der Waals surface area contributed by atoms with Crippen LogP contribution in [0.3, 0.4) is 0 Å². The fraction of sp³-hybridized carbons (Fsp3) is 0.111. The van der Waals surface area contributed by atoms with Gasteiger partial charge in [0, 0.05) is 0 Å². The van der Waals surface area contributed by atoms with E-state index in [1.54, 1.807) is 29.2 Å². The van der Waals surface area contributed by atoms with Gasteiger partial charge in [0.05, 0.1) is 17.3 Å². The molecule has 72 valence electrons. The predicted octanol–water partition coefficient (Wildman–Crippen LogP) is 1.41. The Morgan fingerprint density at radius 2 is 2.29 bits per heavy atom. The quantitative estimate of drug-likeness (QED) is 0.814. The highest BCUT2D eigenvalue weighted by Gasteiger charge is 2.03. The van der Waals surface area contributed by atoms with Crippen molar-refractivity contribution in [3.63, 3.8) is 0 Å². The average molecular weight is 210 g/mol. The van der Waals surface area contributed by atoms with Crippen LogP contribution in [-0.4, -0.2) is 19.9 Å². The van der Waals surface area contributed by atoms with E-state index in [9.17, 15) is 0 Å². The van der Waals surface area contributed by atoms with E-state index in [1.807, 2.05) is 0 Å². The van der Waals surface area contributed by atoms with Gasteiger partial charge in [0.1, 0.15) is 12.7 Å². The van der Waals surface area contributed by atoms with Crippen LogP contribution in [0.15, 0.2) is 30.9 Å². The van der Waals surface area contributed by atoms with Gasteiger partial charge in [-0.2, -0.15) is 5.10 Å². The molecule has 0 spiro atoms. The van der Waals surface area contributed by atoms with E-state index in [-0.39, 0.29) is 6.61 Å². The van der Waals surface area contributed by atoms with Gasteiger partial charge in [0.2, 0.25) is 0 Å². The summed E-state index contributed by atoms with van der Waals surface area (Å²) in [4.78, 5) is 3.83. The predicted molar refractivity (Wildman–Crippen MR) is 52.3 cm³/mol. The summed E-state index contributed by atoms with van der Waals surface area (Å²) in [6.45, 7) is -0.0165. The van der Waals surface area contributed by atoms with Crippen molar-refractivity contribution >= 4 is 11.6 Å². The van der Waals surface area contributed by atoms with Crippen LogP contribution in [0.1, 0.15) is 5.56 Å². The molecule has 14 heavy (non-hydrogen) atoms. The number of halogens is 1. The molecule has 0 saturated heterocycles. The lowest BCUT2D eigenvalue weighted by Gasteiger charge is -2.04.